The molecule has 0 radical (unpaired) electrons. The Bertz CT molecular complexity index is 892. The van der Waals surface area contributed by atoms with E-state index in [0.29, 0.717) is 0 Å². The molecule has 1 aromatic rings. The number of primary amides is 1. The average molecular weight is 479 g/mol. The fourth-order valence-electron chi connectivity index (χ4n) is 2.86. The summed E-state index contributed by atoms with van der Waals surface area (Å²) in [4.78, 5) is 70.0. The first kappa shape index (κ1) is 28.0. The van der Waals surface area contributed by atoms with Gasteiger partial charge in [-0.25, -0.2) is 4.79 Å². The van der Waals surface area contributed by atoms with E-state index in [1.54, 1.807) is 24.3 Å². The predicted octanol–water partition coefficient (Wildman–Crippen LogP) is -2.14. The van der Waals surface area contributed by atoms with E-state index in [0.717, 1.165) is 5.56 Å². The van der Waals surface area contributed by atoms with Crippen LogP contribution < -0.4 is 27.4 Å². The second kappa shape index (κ2) is 14.2. The quantitative estimate of drug-likeness (QED) is 0.145. The van der Waals surface area contributed by atoms with Crippen LogP contribution in [0.3, 0.4) is 0 Å². The number of amides is 4. The van der Waals surface area contributed by atoms with Crippen LogP contribution in [0.4, 0.5) is 0 Å². The molecular weight excluding hydrogens is 450 g/mol. The lowest BCUT2D eigenvalue weighted by atomic mass is 10.1. The molecule has 0 aliphatic rings. The van der Waals surface area contributed by atoms with Gasteiger partial charge < -0.3 is 37.6 Å². The number of hydrogen-bond acceptors (Lipinski definition) is 7. The van der Waals surface area contributed by atoms with E-state index in [2.05, 4.69) is 16.0 Å². The van der Waals surface area contributed by atoms with E-state index in [-0.39, 0.29) is 25.7 Å². The Labute approximate surface area is 195 Å². The number of rotatable bonds is 15. The molecular formula is C21H29N5O8. The van der Waals surface area contributed by atoms with Gasteiger partial charge in [-0.1, -0.05) is 30.3 Å². The Balaban J connectivity index is 2.68. The van der Waals surface area contributed by atoms with Crippen LogP contribution in [-0.2, 0) is 35.2 Å². The van der Waals surface area contributed by atoms with Crippen molar-refractivity contribution in [1.29, 1.82) is 0 Å². The number of carbonyl (C=O) groups is 6. The molecule has 186 valence electrons. The number of benzene rings is 1. The molecule has 9 N–H and O–H groups in total. The van der Waals surface area contributed by atoms with Gasteiger partial charge in [0.2, 0.25) is 23.6 Å². The van der Waals surface area contributed by atoms with Crippen LogP contribution >= 0.6 is 0 Å². The van der Waals surface area contributed by atoms with Gasteiger partial charge in [0, 0.05) is 12.8 Å². The molecule has 34 heavy (non-hydrogen) atoms. The van der Waals surface area contributed by atoms with E-state index in [1.807, 2.05) is 6.07 Å². The van der Waals surface area contributed by atoms with Gasteiger partial charge in [0.1, 0.15) is 12.1 Å². The number of carboxylic acid groups (broad SMARTS) is 2. The smallest absolute Gasteiger partial charge is 0.326 e. The summed E-state index contributed by atoms with van der Waals surface area (Å²) >= 11 is 0. The second-order valence-electron chi connectivity index (χ2n) is 7.47. The van der Waals surface area contributed by atoms with Crippen LogP contribution in [0.25, 0.3) is 0 Å². The first-order chi connectivity index (χ1) is 16.0. The average Bonchev–Trinajstić information content (AvgIpc) is 2.77. The SMILES string of the molecule is NC(=O)CCC(NC(=O)C(CCC(=O)O)NC(=O)CNC(=O)C(N)Cc1ccccc1)C(=O)O. The summed E-state index contributed by atoms with van der Waals surface area (Å²) in [6, 6.07) is 5.18. The molecule has 0 fully saturated rings. The van der Waals surface area contributed by atoms with Crippen LogP contribution in [-0.4, -0.2) is 70.5 Å². The standard InChI is InChI=1S/C21H29N5O8/c22-13(10-12-4-2-1-3-5-12)19(31)24-11-17(28)25-14(7-9-18(29)30)20(32)26-15(21(33)34)6-8-16(23)27/h1-5,13-15H,6-11,22H2,(H2,23,27)(H,24,31)(H,25,28)(H,26,32)(H,29,30)(H,33,34). The lowest BCUT2D eigenvalue weighted by molar-refractivity contribution is -0.143. The third-order valence-corrected chi connectivity index (χ3v) is 4.65. The van der Waals surface area contributed by atoms with Gasteiger partial charge in [-0.2, -0.15) is 0 Å². The van der Waals surface area contributed by atoms with Gasteiger partial charge in [0.25, 0.3) is 0 Å². The predicted molar refractivity (Wildman–Crippen MR) is 118 cm³/mol. The van der Waals surface area contributed by atoms with Gasteiger partial charge in [-0.15, -0.1) is 0 Å². The number of hydrogen-bond donors (Lipinski definition) is 7. The fourth-order valence-corrected chi connectivity index (χ4v) is 2.86. The van der Waals surface area contributed by atoms with Crippen molar-refractivity contribution >= 4 is 35.6 Å². The minimum atomic E-state index is -1.47. The zero-order valence-corrected chi connectivity index (χ0v) is 18.4. The van der Waals surface area contributed by atoms with Crippen LogP contribution in [0.5, 0.6) is 0 Å². The molecule has 0 heterocycles. The topological polar surface area (TPSA) is 231 Å². The Morgan fingerprint density at radius 1 is 0.853 bits per heavy atom. The van der Waals surface area contributed by atoms with Crippen molar-refractivity contribution in [3.8, 4) is 0 Å². The van der Waals surface area contributed by atoms with Crippen LogP contribution in [0, 0.1) is 0 Å². The molecule has 0 bridgehead atoms. The van der Waals surface area contributed by atoms with Crippen molar-refractivity contribution in [2.45, 2.75) is 50.2 Å². The molecule has 0 aromatic heterocycles. The molecule has 1 aromatic carbocycles. The van der Waals surface area contributed by atoms with Crippen LogP contribution in [0.1, 0.15) is 31.2 Å². The number of aliphatic carboxylic acids is 2. The van der Waals surface area contributed by atoms with Crippen molar-refractivity contribution in [3.05, 3.63) is 35.9 Å². The summed E-state index contributed by atoms with van der Waals surface area (Å²) < 4.78 is 0. The minimum Gasteiger partial charge on any atom is -0.481 e. The van der Waals surface area contributed by atoms with Crippen molar-refractivity contribution < 1.29 is 39.0 Å². The van der Waals surface area contributed by atoms with E-state index >= 15 is 0 Å². The fraction of sp³-hybridized carbons (Fsp3) is 0.429. The maximum absolute atomic E-state index is 12.5. The van der Waals surface area contributed by atoms with Crippen molar-refractivity contribution in [3.63, 3.8) is 0 Å². The largest absolute Gasteiger partial charge is 0.481 e. The second-order valence-corrected chi connectivity index (χ2v) is 7.47. The molecule has 13 heteroatoms. The van der Waals surface area contributed by atoms with Gasteiger partial charge in [-0.05, 0) is 24.8 Å². The normalized spacial score (nSPS) is 13.1. The molecule has 3 unspecified atom stereocenters. The first-order valence-corrected chi connectivity index (χ1v) is 10.4. The Morgan fingerprint density at radius 2 is 1.47 bits per heavy atom. The highest BCUT2D eigenvalue weighted by molar-refractivity contribution is 5.93. The monoisotopic (exact) mass is 479 g/mol. The summed E-state index contributed by atoms with van der Waals surface area (Å²) in [6.45, 7) is -0.539. The summed E-state index contributed by atoms with van der Waals surface area (Å²) in [5, 5.41) is 24.9. The Hall–Kier alpha value is -4.00. The zero-order valence-electron chi connectivity index (χ0n) is 18.4. The highest BCUT2D eigenvalue weighted by atomic mass is 16.4. The van der Waals surface area contributed by atoms with E-state index in [1.165, 1.54) is 0 Å². The number of nitrogens with one attached hydrogen (secondary N) is 3. The van der Waals surface area contributed by atoms with Gasteiger partial charge in [0.15, 0.2) is 0 Å². The number of nitrogens with two attached hydrogens (primary N) is 2. The summed E-state index contributed by atoms with van der Waals surface area (Å²) in [5.74, 6) is -5.82. The van der Waals surface area contributed by atoms with Crippen molar-refractivity contribution in [2.24, 2.45) is 11.5 Å². The molecule has 0 aliphatic heterocycles. The van der Waals surface area contributed by atoms with Crippen LogP contribution in [0.15, 0.2) is 30.3 Å². The van der Waals surface area contributed by atoms with Crippen molar-refractivity contribution in [2.75, 3.05) is 6.54 Å². The van der Waals surface area contributed by atoms with E-state index in [4.69, 9.17) is 16.6 Å². The molecule has 0 spiro atoms. The highest BCUT2D eigenvalue weighted by Gasteiger charge is 2.27. The van der Waals surface area contributed by atoms with Crippen molar-refractivity contribution in [1.82, 2.24) is 16.0 Å². The lowest BCUT2D eigenvalue weighted by Gasteiger charge is -2.21. The lowest BCUT2D eigenvalue weighted by Crippen LogP contribution is -2.54. The third kappa shape index (κ3) is 11.0. The summed E-state index contributed by atoms with van der Waals surface area (Å²) in [7, 11) is 0. The van der Waals surface area contributed by atoms with E-state index in [9.17, 15) is 33.9 Å². The van der Waals surface area contributed by atoms with E-state index < -0.39 is 66.7 Å². The van der Waals surface area contributed by atoms with Gasteiger partial charge in [-0.3, -0.25) is 24.0 Å². The maximum atomic E-state index is 12.5. The Kier molecular flexibility index (Phi) is 11.7. The molecule has 3 atom stereocenters. The molecule has 0 saturated heterocycles. The molecule has 0 saturated carbocycles. The number of carboxylic acids is 2. The van der Waals surface area contributed by atoms with Gasteiger partial charge in [0.05, 0.1) is 12.6 Å². The third-order valence-electron chi connectivity index (χ3n) is 4.65. The minimum absolute atomic E-state index is 0.236. The molecule has 1 rings (SSSR count). The molecule has 13 nitrogen and oxygen atoms in total. The zero-order chi connectivity index (χ0) is 25.7. The maximum Gasteiger partial charge on any atom is 0.326 e. The molecule has 0 aliphatic carbocycles. The Morgan fingerprint density at radius 3 is 2.03 bits per heavy atom. The summed E-state index contributed by atoms with van der Waals surface area (Å²) in [5.41, 5.74) is 11.7. The van der Waals surface area contributed by atoms with Crippen LogP contribution in [0.2, 0.25) is 0 Å². The molecule has 4 amide bonds. The van der Waals surface area contributed by atoms with Gasteiger partial charge >= 0.3 is 11.9 Å². The first-order valence-electron chi connectivity index (χ1n) is 10.4. The number of carbonyl (C=O) groups excluding carboxylic acids is 4. The summed E-state index contributed by atoms with van der Waals surface area (Å²) in [6.07, 6.45) is -1.19. The highest BCUT2D eigenvalue weighted by Crippen LogP contribution is 2.04.